The molecule has 6 nitrogen and oxygen atoms in total. The summed E-state index contributed by atoms with van der Waals surface area (Å²) < 4.78 is 0. The Labute approximate surface area is 147 Å². The monoisotopic (exact) mass is 340 g/mol. The number of aryl methyl sites for hydroxylation is 2. The van der Waals surface area contributed by atoms with Gasteiger partial charge in [-0.2, -0.15) is 0 Å². The van der Waals surface area contributed by atoms with Crippen LogP contribution < -0.4 is 10.9 Å². The molecule has 2 aromatic rings. The molecule has 1 saturated carbocycles. The highest BCUT2D eigenvalue weighted by atomic mass is 16.2. The summed E-state index contributed by atoms with van der Waals surface area (Å²) in [7, 11) is 0. The van der Waals surface area contributed by atoms with E-state index in [0.717, 1.165) is 18.4 Å². The number of hydrogen-bond donors (Lipinski definition) is 2. The number of aromatic nitrogens is 3. The minimum atomic E-state index is -0.450. The van der Waals surface area contributed by atoms with Crippen molar-refractivity contribution in [1.29, 1.82) is 0 Å². The Balaban J connectivity index is 1.88. The molecule has 1 atom stereocenters. The van der Waals surface area contributed by atoms with Gasteiger partial charge < -0.3 is 10.3 Å². The van der Waals surface area contributed by atoms with E-state index in [4.69, 9.17) is 0 Å². The van der Waals surface area contributed by atoms with Gasteiger partial charge in [0, 0.05) is 18.1 Å². The summed E-state index contributed by atoms with van der Waals surface area (Å²) in [5, 5.41) is 3.05. The van der Waals surface area contributed by atoms with Gasteiger partial charge in [0.25, 0.3) is 11.5 Å². The minimum Gasteiger partial charge on any atom is -0.343 e. The maximum atomic E-state index is 12.7. The maximum Gasteiger partial charge on any atom is 0.279 e. The van der Waals surface area contributed by atoms with E-state index in [0.29, 0.717) is 17.3 Å². The Morgan fingerprint density at radius 2 is 2.04 bits per heavy atom. The first-order valence-corrected chi connectivity index (χ1v) is 8.84. The third kappa shape index (κ3) is 3.95. The van der Waals surface area contributed by atoms with E-state index in [-0.39, 0.29) is 11.7 Å². The lowest BCUT2D eigenvalue weighted by Gasteiger charge is -2.31. The van der Waals surface area contributed by atoms with Gasteiger partial charge in [0.05, 0.1) is 11.7 Å². The zero-order chi connectivity index (χ0) is 17.8. The fourth-order valence-electron chi connectivity index (χ4n) is 3.49. The molecule has 0 radical (unpaired) electrons. The smallest absolute Gasteiger partial charge is 0.279 e. The number of amides is 1. The highest BCUT2D eigenvalue weighted by molar-refractivity contribution is 5.92. The Bertz CT molecular complexity index is 795. The first kappa shape index (κ1) is 17.3. The molecule has 1 fully saturated rings. The number of H-pyrrole nitrogens is 1. The second kappa shape index (κ2) is 7.59. The van der Waals surface area contributed by atoms with Crippen molar-refractivity contribution < 1.29 is 4.79 Å². The SMILES string of the molecule is Cc1nc(C(=O)NC(c2cccnc2)C2CCCCC2)c(=O)[nH]c1C. The molecule has 1 aliphatic carbocycles. The third-order valence-corrected chi connectivity index (χ3v) is 5.00. The van der Waals surface area contributed by atoms with Crippen LogP contribution in [0.4, 0.5) is 0 Å². The lowest BCUT2D eigenvalue weighted by atomic mass is 9.81. The number of nitrogens with zero attached hydrogens (tertiary/aromatic N) is 2. The summed E-state index contributed by atoms with van der Waals surface area (Å²) in [6.07, 6.45) is 9.21. The van der Waals surface area contributed by atoms with Gasteiger partial charge in [-0.15, -0.1) is 0 Å². The van der Waals surface area contributed by atoms with Crippen molar-refractivity contribution in [3.05, 3.63) is 57.5 Å². The molecule has 6 heteroatoms. The molecular weight excluding hydrogens is 316 g/mol. The van der Waals surface area contributed by atoms with Gasteiger partial charge in [-0.25, -0.2) is 4.98 Å². The van der Waals surface area contributed by atoms with Crippen molar-refractivity contribution >= 4 is 5.91 Å². The quantitative estimate of drug-likeness (QED) is 0.896. The van der Waals surface area contributed by atoms with Gasteiger partial charge >= 0.3 is 0 Å². The fraction of sp³-hybridized carbons (Fsp3) is 0.474. The van der Waals surface area contributed by atoms with Crippen LogP contribution in [0.25, 0.3) is 0 Å². The Kier molecular flexibility index (Phi) is 5.26. The first-order valence-electron chi connectivity index (χ1n) is 8.84. The molecule has 0 aliphatic heterocycles. The zero-order valence-electron chi connectivity index (χ0n) is 14.7. The summed E-state index contributed by atoms with van der Waals surface area (Å²) in [5.41, 5.74) is 1.78. The van der Waals surface area contributed by atoms with E-state index in [1.54, 1.807) is 26.2 Å². The normalized spacial score (nSPS) is 16.4. The summed E-state index contributed by atoms with van der Waals surface area (Å²) in [5.74, 6) is -0.0729. The lowest BCUT2D eigenvalue weighted by molar-refractivity contribution is 0.0905. The van der Waals surface area contributed by atoms with Crippen LogP contribution in [0.2, 0.25) is 0 Å². The molecule has 1 unspecified atom stereocenters. The maximum absolute atomic E-state index is 12.7. The highest BCUT2D eigenvalue weighted by Crippen LogP contribution is 2.34. The summed E-state index contributed by atoms with van der Waals surface area (Å²) >= 11 is 0. The van der Waals surface area contributed by atoms with E-state index in [9.17, 15) is 9.59 Å². The van der Waals surface area contributed by atoms with E-state index in [1.807, 2.05) is 12.1 Å². The molecule has 0 spiro atoms. The molecule has 1 aliphatic rings. The topological polar surface area (TPSA) is 87.7 Å². The Morgan fingerprint density at radius 1 is 1.28 bits per heavy atom. The van der Waals surface area contributed by atoms with Gasteiger partial charge in [0.2, 0.25) is 0 Å². The van der Waals surface area contributed by atoms with Crippen LogP contribution in [0.15, 0.2) is 29.3 Å². The van der Waals surface area contributed by atoms with Crippen molar-refractivity contribution in [1.82, 2.24) is 20.3 Å². The standard InChI is InChI=1S/C19H24N4O2/c1-12-13(2)22-18(24)17(21-12)19(25)23-16(14-7-4-3-5-8-14)15-9-6-10-20-11-15/h6,9-11,14,16H,3-5,7-8H2,1-2H3,(H,22,24)(H,23,25). The summed E-state index contributed by atoms with van der Waals surface area (Å²) in [6, 6.07) is 3.70. The van der Waals surface area contributed by atoms with Crippen LogP contribution in [0.3, 0.4) is 0 Å². The third-order valence-electron chi connectivity index (χ3n) is 5.00. The minimum absolute atomic E-state index is 0.0761. The molecule has 2 aromatic heterocycles. The zero-order valence-corrected chi connectivity index (χ0v) is 14.7. The van der Waals surface area contributed by atoms with E-state index in [1.165, 1.54) is 19.3 Å². The van der Waals surface area contributed by atoms with Crippen LogP contribution in [-0.2, 0) is 0 Å². The molecule has 2 N–H and O–H groups in total. The van der Waals surface area contributed by atoms with Gasteiger partial charge in [0.1, 0.15) is 0 Å². The number of carbonyl (C=O) groups excluding carboxylic acids is 1. The van der Waals surface area contributed by atoms with E-state index in [2.05, 4.69) is 20.3 Å². The van der Waals surface area contributed by atoms with Gasteiger partial charge in [-0.1, -0.05) is 25.3 Å². The largest absolute Gasteiger partial charge is 0.343 e. The molecule has 0 saturated heterocycles. The highest BCUT2D eigenvalue weighted by Gasteiger charge is 2.28. The van der Waals surface area contributed by atoms with Crippen molar-refractivity contribution in [2.75, 3.05) is 0 Å². The van der Waals surface area contributed by atoms with Crippen molar-refractivity contribution in [3.8, 4) is 0 Å². The van der Waals surface area contributed by atoms with Crippen LogP contribution in [-0.4, -0.2) is 20.9 Å². The molecule has 3 rings (SSSR count). The predicted molar refractivity (Wildman–Crippen MR) is 95.4 cm³/mol. The molecule has 1 amide bonds. The van der Waals surface area contributed by atoms with Crippen LogP contribution >= 0.6 is 0 Å². The van der Waals surface area contributed by atoms with E-state index < -0.39 is 11.5 Å². The van der Waals surface area contributed by atoms with Crippen molar-refractivity contribution in [3.63, 3.8) is 0 Å². The molecule has 0 aromatic carbocycles. The van der Waals surface area contributed by atoms with Gasteiger partial charge in [-0.05, 0) is 44.2 Å². The Hall–Kier alpha value is -2.50. The number of pyridine rings is 1. The summed E-state index contributed by atoms with van der Waals surface area (Å²) in [6.45, 7) is 3.55. The average molecular weight is 340 g/mol. The average Bonchev–Trinajstić information content (AvgIpc) is 2.64. The number of rotatable bonds is 4. The van der Waals surface area contributed by atoms with Crippen LogP contribution in [0, 0.1) is 19.8 Å². The number of carbonyl (C=O) groups is 1. The van der Waals surface area contributed by atoms with Crippen LogP contribution in [0.1, 0.15) is 65.6 Å². The Morgan fingerprint density at radius 3 is 2.72 bits per heavy atom. The van der Waals surface area contributed by atoms with Crippen LogP contribution in [0.5, 0.6) is 0 Å². The van der Waals surface area contributed by atoms with Crippen molar-refractivity contribution in [2.24, 2.45) is 5.92 Å². The molecule has 2 heterocycles. The molecule has 0 bridgehead atoms. The van der Waals surface area contributed by atoms with Gasteiger partial charge in [0.15, 0.2) is 5.69 Å². The van der Waals surface area contributed by atoms with Gasteiger partial charge in [-0.3, -0.25) is 14.6 Å². The number of nitrogens with one attached hydrogen (secondary N) is 2. The lowest BCUT2D eigenvalue weighted by Crippen LogP contribution is -2.38. The van der Waals surface area contributed by atoms with E-state index >= 15 is 0 Å². The second-order valence-corrected chi connectivity index (χ2v) is 6.76. The molecule has 132 valence electrons. The predicted octanol–water partition coefficient (Wildman–Crippen LogP) is 2.83. The number of hydrogen-bond acceptors (Lipinski definition) is 4. The second-order valence-electron chi connectivity index (χ2n) is 6.76. The van der Waals surface area contributed by atoms with Crippen molar-refractivity contribution in [2.45, 2.75) is 52.0 Å². The fourth-order valence-corrected chi connectivity index (χ4v) is 3.49. The molecule has 25 heavy (non-hydrogen) atoms. The first-order chi connectivity index (χ1) is 12.1. The molecular formula is C19H24N4O2. The summed E-state index contributed by atoms with van der Waals surface area (Å²) in [4.78, 5) is 35.9. The number of aromatic amines is 1.